The quantitative estimate of drug-likeness (QED) is 0.475. The molecule has 0 aromatic rings. The summed E-state index contributed by atoms with van der Waals surface area (Å²) in [6, 6.07) is 0. The van der Waals surface area contributed by atoms with Gasteiger partial charge in [-0.25, -0.2) is 0 Å². The van der Waals surface area contributed by atoms with Gasteiger partial charge in [-0.2, -0.15) is 0 Å². The molecule has 0 aliphatic rings. The first-order chi connectivity index (χ1) is 6.77. The molecule has 0 amide bonds. The summed E-state index contributed by atoms with van der Waals surface area (Å²) in [7, 11) is -3.27. The van der Waals surface area contributed by atoms with Crippen LogP contribution in [-0.4, -0.2) is 23.5 Å². The maximum Gasteiger partial charge on any atom is 0.321 e. The Morgan fingerprint density at radius 3 is 1.93 bits per heavy atom. The van der Waals surface area contributed by atoms with Crippen molar-refractivity contribution in [3.05, 3.63) is 0 Å². The van der Waals surface area contributed by atoms with E-state index in [1.165, 1.54) is 25.7 Å². The second-order valence-corrected chi connectivity index (χ2v) is 13.7. The van der Waals surface area contributed by atoms with Crippen LogP contribution < -0.4 is 0 Å². The van der Waals surface area contributed by atoms with E-state index in [0.29, 0.717) is 0 Å². The molecule has 0 saturated carbocycles. The lowest BCUT2D eigenvalue weighted by molar-refractivity contribution is 0.239. The third kappa shape index (κ3) is 10.6. The standard InChI is InChI=1S/C11H28O2Si2/c1-7-8-9-10-11-12-15(5,6)13-14(2,3)4/h7-11H2,1-6H3. The first kappa shape index (κ1) is 15.4. The maximum absolute atomic E-state index is 6.09. The Morgan fingerprint density at radius 2 is 1.47 bits per heavy atom. The predicted octanol–water partition coefficient (Wildman–Crippen LogP) is 4.14. The van der Waals surface area contributed by atoms with Crippen molar-refractivity contribution in [1.82, 2.24) is 0 Å². The van der Waals surface area contributed by atoms with Crippen molar-refractivity contribution in [2.75, 3.05) is 6.61 Å². The Hall–Kier alpha value is 0.354. The van der Waals surface area contributed by atoms with Gasteiger partial charge in [0.25, 0.3) is 0 Å². The van der Waals surface area contributed by atoms with Gasteiger partial charge in [0.2, 0.25) is 0 Å². The molecule has 0 rings (SSSR count). The van der Waals surface area contributed by atoms with Crippen LogP contribution in [-0.2, 0) is 8.54 Å². The summed E-state index contributed by atoms with van der Waals surface area (Å²) in [5, 5.41) is 0. The highest BCUT2D eigenvalue weighted by Crippen LogP contribution is 2.15. The predicted molar refractivity (Wildman–Crippen MR) is 72.0 cm³/mol. The molecule has 0 saturated heterocycles. The van der Waals surface area contributed by atoms with E-state index in [1.807, 2.05) is 0 Å². The fraction of sp³-hybridized carbons (Fsp3) is 1.00. The molecule has 0 spiro atoms. The van der Waals surface area contributed by atoms with Crippen LogP contribution in [0.4, 0.5) is 0 Å². The van der Waals surface area contributed by atoms with Gasteiger partial charge in [0.15, 0.2) is 8.32 Å². The zero-order valence-electron chi connectivity index (χ0n) is 11.4. The molecule has 0 fully saturated rings. The minimum Gasteiger partial charge on any atom is -0.436 e. The lowest BCUT2D eigenvalue weighted by Gasteiger charge is -2.30. The van der Waals surface area contributed by atoms with Crippen molar-refractivity contribution >= 4 is 16.9 Å². The van der Waals surface area contributed by atoms with Gasteiger partial charge in [-0.05, 0) is 39.2 Å². The number of unbranched alkanes of at least 4 members (excludes halogenated alkanes) is 3. The smallest absolute Gasteiger partial charge is 0.321 e. The molecular weight excluding hydrogens is 220 g/mol. The van der Waals surface area contributed by atoms with Gasteiger partial charge in [0, 0.05) is 6.61 Å². The molecule has 15 heavy (non-hydrogen) atoms. The SMILES string of the molecule is CCCCCCO[Si](C)(C)O[Si](C)(C)C. The van der Waals surface area contributed by atoms with Gasteiger partial charge in [-0.3, -0.25) is 0 Å². The molecule has 0 aromatic heterocycles. The average Bonchev–Trinajstić information content (AvgIpc) is 1.99. The zero-order valence-corrected chi connectivity index (χ0v) is 13.4. The molecule has 2 nitrogen and oxygen atoms in total. The molecule has 0 unspecified atom stereocenters. The largest absolute Gasteiger partial charge is 0.436 e. The second-order valence-electron chi connectivity index (χ2n) is 5.52. The molecule has 92 valence electrons. The maximum atomic E-state index is 6.09. The summed E-state index contributed by atoms with van der Waals surface area (Å²) in [6.45, 7) is 14.1. The van der Waals surface area contributed by atoms with Crippen molar-refractivity contribution in [1.29, 1.82) is 0 Å². The van der Waals surface area contributed by atoms with E-state index < -0.39 is 16.9 Å². The van der Waals surface area contributed by atoms with Crippen LogP contribution >= 0.6 is 0 Å². The second kappa shape index (κ2) is 6.83. The van der Waals surface area contributed by atoms with Gasteiger partial charge in [0.1, 0.15) is 0 Å². The zero-order chi connectivity index (χ0) is 11.9. The number of hydrogen-bond acceptors (Lipinski definition) is 2. The summed E-state index contributed by atoms with van der Waals surface area (Å²) < 4.78 is 12.0. The molecule has 0 aliphatic carbocycles. The molecule has 4 heteroatoms. The fourth-order valence-electron chi connectivity index (χ4n) is 1.61. The molecule has 0 N–H and O–H groups in total. The van der Waals surface area contributed by atoms with Gasteiger partial charge in [-0.1, -0.05) is 26.2 Å². The molecule has 0 bridgehead atoms. The molecule has 0 aromatic carbocycles. The monoisotopic (exact) mass is 248 g/mol. The Balaban J connectivity index is 3.65. The summed E-state index contributed by atoms with van der Waals surface area (Å²) in [5.41, 5.74) is 0. The Bertz CT molecular complexity index is 164. The Morgan fingerprint density at radius 1 is 0.867 bits per heavy atom. The lowest BCUT2D eigenvalue weighted by atomic mass is 10.2. The van der Waals surface area contributed by atoms with E-state index >= 15 is 0 Å². The van der Waals surface area contributed by atoms with Gasteiger partial charge in [-0.15, -0.1) is 0 Å². The van der Waals surface area contributed by atoms with E-state index in [9.17, 15) is 0 Å². The highest BCUT2D eigenvalue weighted by Gasteiger charge is 2.31. The van der Waals surface area contributed by atoms with E-state index in [1.54, 1.807) is 0 Å². The van der Waals surface area contributed by atoms with Crippen LogP contribution in [0.3, 0.4) is 0 Å². The van der Waals surface area contributed by atoms with Crippen LogP contribution in [0.2, 0.25) is 32.7 Å². The lowest BCUT2D eigenvalue weighted by Crippen LogP contribution is -2.44. The average molecular weight is 249 g/mol. The van der Waals surface area contributed by atoms with Crippen molar-refractivity contribution in [3.8, 4) is 0 Å². The normalized spacial score (nSPS) is 13.2. The van der Waals surface area contributed by atoms with Crippen LogP contribution in [0.15, 0.2) is 0 Å². The molecule has 0 heterocycles. The minimum absolute atomic E-state index is 0.879. The van der Waals surface area contributed by atoms with Crippen LogP contribution in [0, 0.1) is 0 Å². The van der Waals surface area contributed by atoms with Crippen molar-refractivity contribution in [2.24, 2.45) is 0 Å². The highest BCUT2D eigenvalue weighted by atomic mass is 28.4. The highest BCUT2D eigenvalue weighted by molar-refractivity contribution is 6.81. The number of rotatable bonds is 8. The summed E-state index contributed by atoms with van der Waals surface area (Å²) >= 11 is 0. The van der Waals surface area contributed by atoms with E-state index in [4.69, 9.17) is 8.54 Å². The summed E-state index contributed by atoms with van der Waals surface area (Å²) in [4.78, 5) is 0. The van der Waals surface area contributed by atoms with Gasteiger partial charge >= 0.3 is 8.56 Å². The van der Waals surface area contributed by atoms with Crippen molar-refractivity contribution in [3.63, 3.8) is 0 Å². The first-order valence-electron chi connectivity index (χ1n) is 6.11. The van der Waals surface area contributed by atoms with Crippen molar-refractivity contribution in [2.45, 2.75) is 65.3 Å². The summed E-state index contributed by atoms with van der Waals surface area (Å²) in [6.07, 6.45) is 5.07. The molecule has 0 atom stereocenters. The van der Waals surface area contributed by atoms with Crippen LogP contribution in [0.5, 0.6) is 0 Å². The molecular formula is C11H28O2Si2. The molecule has 0 radical (unpaired) electrons. The van der Waals surface area contributed by atoms with Crippen LogP contribution in [0.25, 0.3) is 0 Å². The topological polar surface area (TPSA) is 18.5 Å². The van der Waals surface area contributed by atoms with E-state index in [0.717, 1.165) is 6.61 Å². The van der Waals surface area contributed by atoms with Gasteiger partial charge in [0.05, 0.1) is 0 Å². The first-order valence-corrected chi connectivity index (χ1v) is 12.3. The van der Waals surface area contributed by atoms with E-state index in [-0.39, 0.29) is 0 Å². The third-order valence-electron chi connectivity index (χ3n) is 2.00. The summed E-state index contributed by atoms with van der Waals surface area (Å²) in [5.74, 6) is 0. The Kier molecular flexibility index (Phi) is 6.99. The third-order valence-corrected chi connectivity index (χ3v) is 7.31. The Labute approximate surface area is 97.7 Å². The number of hydrogen-bond donors (Lipinski definition) is 0. The fourth-order valence-corrected chi connectivity index (χ4v) is 8.38. The molecule has 0 aliphatic heterocycles. The minimum atomic E-state index is -1.84. The van der Waals surface area contributed by atoms with Crippen LogP contribution in [0.1, 0.15) is 32.6 Å². The van der Waals surface area contributed by atoms with Gasteiger partial charge < -0.3 is 8.54 Å². The van der Waals surface area contributed by atoms with E-state index in [2.05, 4.69) is 39.7 Å². The van der Waals surface area contributed by atoms with Crippen molar-refractivity contribution < 1.29 is 8.54 Å².